The lowest BCUT2D eigenvalue weighted by atomic mass is 9.90. The van der Waals surface area contributed by atoms with E-state index in [1.165, 1.54) is 22.1 Å². The first-order valence-corrected chi connectivity index (χ1v) is 7.79. The average Bonchev–Trinajstić information content (AvgIpc) is 2.89. The number of rotatable bonds is 0. The summed E-state index contributed by atoms with van der Waals surface area (Å²) in [5.74, 6) is 0.278. The lowest BCUT2D eigenvalue weighted by Gasteiger charge is -2.22. The first kappa shape index (κ1) is 12.2. The third-order valence-electron chi connectivity index (χ3n) is 5.03. The van der Waals surface area contributed by atoms with Crippen LogP contribution in [0, 0.1) is 0 Å². The summed E-state index contributed by atoms with van der Waals surface area (Å²) in [7, 11) is 0. The number of nitrogens with zero attached hydrogens (tertiary/aromatic N) is 1. The van der Waals surface area contributed by atoms with Crippen molar-refractivity contribution in [2.24, 2.45) is 0 Å². The van der Waals surface area contributed by atoms with Crippen LogP contribution in [0.2, 0.25) is 0 Å². The van der Waals surface area contributed by atoms with Crippen molar-refractivity contribution in [3.8, 4) is 5.75 Å². The van der Waals surface area contributed by atoms with Gasteiger partial charge >= 0.3 is 0 Å². The Morgan fingerprint density at radius 1 is 1.09 bits per heavy atom. The molecule has 0 unspecified atom stereocenters. The van der Waals surface area contributed by atoms with E-state index in [1.807, 2.05) is 12.1 Å². The highest BCUT2D eigenvalue weighted by molar-refractivity contribution is 6.18. The van der Waals surface area contributed by atoms with E-state index in [9.17, 15) is 9.90 Å². The van der Waals surface area contributed by atoms with Crippen molar-refractivity contribution in [3.63, 3.8) is 0 Å². The maximum atomic E-state index is 12.5. The number of aromatic hydroxyl groups is 1. The monoisotopic (exact) mass is 292 g/mol. The van der Waals surface area contributed by atoms with E-state index in [0.29, 0.717) is 11.9 Å². The van der Waals surface area contributed by atoms with Gasteiger partial charge in [0.25, 0.3) is 0 Å². The third-order valence-corrected chi connectivity index (χ3v) is 5.03. The van der Waals surface area contributed by atoms with Crippen LogP contribution in [0.25, 0.3) is 21.8 Å². The lowest BCUT2D eigenvalue weighted by Crippen LogP contribution is -2.25. The van der Waals surface area contributed by atoms with Gasteiger partial charge in [-0.15, -0.1) is 0 Å². The van der Waals surface area contributed by atoms with Crippen LogP contribution in [0.4, 0.5) is 0 Å². The molecule has 22 heavy (non-hydrogen) atoms. The number of hydrogen-bond acceptors (Lipinski definition) is 3. The Balaban J connectivity index is 2.10. The van der Waals surface area contributed by atoms with E-state index in [1.54, 1.807) is 10.6 Å². The standard InChI is InChI=1S/C18H16N2O2/c21-14-3-1-2-13-16-12-6-7-19-9-11(12)8-10-4-5-15(22)20(17(10)16)18(13)14/h1-3,8,19,21H,4-7,9H2. The van der Waals surface area contributed by atoms with Gasteiger partial charge in [0.1, 0.15) is 5.75 Å². The van der Waals surface area contributed by atoms with Crippen LogP contribution in [0.15, 0.2) is 24.3 Å². The second kappa shape index (κ2) is 4.11. The van der Waals surface area contributed by atoms with Gasteiger partial charge in [0.05, 0.1) is 11.0 Å². The zero-order valence-corrected chi connectivity index (χ0v) is 12.1. The van der Waals surface area contributed by atoms with Gasteiger partial charge in [-0.3, -0.25) is 9.36 Å². The molecule has 0 aliphatic carbocycles. The highest BCUT2D eigenvalue weighted by Gasteiger charge is 2.28. The fraction of sp³-hybridized carbons (Fsp3) is 0.278. The minimum absolute atomic E-state index is 0.0860. The van der Waals surface area contributed by atoms with Crippen molar-refractivity contribution in [2.75, 3.05) is 6.54 Å². The molecule has 110 valence electrons. The summed E-state index contributed by atoms with van der Waals surface area (Å²) < 4.78 is 1.75. The second-order valence-corrected chi connectivity index (χ2v) is 6.23. The van der Waals surface area contributed by atoms with Crippen LogP contribution in [0.5, 0.6) is 5.75 Å². The molecule has 0 saturated carbocycles. The van der Waals surface area contributed by atoms with E-state index in [4.69, 9.17) is 0 Å². The van der Waals surface area contributed by atoms with Crippen molar-refractivity contribution in [2.45, 2.75) is 25.8 Å². The number of para-hydroxylation sites is 1. The molecule has 0 bridgehead atoms. The largest absolute Gasteiger partial charge is 0.506 e. The van der Waals surface area contributed by atoms with Crippen molar-refractivity contribution in [1.29, 1.82) is 0 Å². The van der Waals surface area contributed by atoms with E-state index < -0.39 is 0 Å². The fourth-order valence-corrected chi connectivity index (χ4v) is 4.13. The van der Waals surface area contributed by atoms with Gasteiger partial charge in [0.2, 0.25) is 5.91 Å². The molecule has 0 radical (unpaired) electrons. The van der Waals surface area contributed by atoms with Crippen molar-refractivity contribution in [3.05, 3.63) is 41.0 Å². The summed E-state index contributed by atoms with van der Waals surface area (Å²) in [5, 5.41) is 15.9. The normalized spacial score (nSPS) is 17.2. The highest BCUT2D eigenvalue weighted by atomic mass is 16.3. The first-order valence-electron chi connectivity index (χ1n) is 7.79. The molecule has 4 nitrogen and oxygen atoms in total. The Bertz CT molecular complexity index is 969. The molecule has 3 heterocycles. The van der Waals surface area contributed by atoms with Gasteiger partial charge in [-0.05, 0) is 42.1 Å². The topological polar surface area (TPSA) is 54.3 Å². The second-order valence-electron chi connectivity index (χ2n) is 6.23. The molecular formula is C18H16N2O2. The van der Waals surface area contributed by atoms with Crippen LogP contribution in [-0.2, 0) is 19.4 Å². The minimum atomic E-state index is 0.0860. The zero-order valence-electron chi connectivity index (χ0n) is 12.1. The Morgan fingerprint density at radius 3 is 2.91 bits per heavy atom. The summed E-state index contributed by atoms with van der Waals surface area (Å²) in [4.78, 5) is 12.5. The quantitative estimate of drug-likeness (QED) is 0.670. The number of phenolic OH excluding ortho intramolecular Hbond substituents is 1. The number of aromatic nitrogens is 1. The molecular weight excluding hydrogens is 276 g/mol. The van der Waals surface area contributed by atoms with E-state index in [-0.39, 0.29) is 11.7 Å². The summed E-state index contributed by atoms with van der Waals surface area (Å²) in [5.41, 5.74) is 5.60. The molecule has 3 aromatic rings. The van der Waals surface area contributed by atoms with Gasteiger partial charge in [-0.1, -0.05) is 18.2 Å². The molecule has 0 amide bonds. The molecule has 2 aliphatic rings. The molecule has 2 aromatic carbocycles. The predicted molar refractivity (Wildman–Crippen MR) is 85.5 cm³/mol. The van der Waals surface area contributed by atoms with Gasteiger partial charge in [0, 0.05) is 23.7 Å². The van der Waals surface area contributed by atoms with E-state index in [2.05, 4.69) is 11.4 Å². The number of fused-ring (bicyclic) bond motifs is 5. The molecule has 1 aromatic heterocycles. The molecule has 5 rings (SSSR count). The molecule has 0 saturated heterocycles. The average molecular weight is 292 g/mol. The third kappa shape index (κ3) is 1.38. The Morgan fingerprint density at radius 2 is 2.00 bits per heavy atom. The van der Waals surface area contributed by atoms with Crippen LogP contribution < -0.4 is 5.32 Å². The van der Waals surface area contributed by atoms with E-state index >= 15 is 0 Å². The van der Waals surface area contributed by atoms with Crippen LogP contribution in [0.3, 0.4) is 0 Å². The van der Waals surface area contributed by atoms with Gasteiger partial charge < -0.3 is 10.4 Å². The van der Waals surface area contributed by atoms with Crippen molar-refractivity contribution < 1.29 is 9.90 Å². The lowest BCUT2D eigenvalue weighted by molar-refractivity contribution is 0.0907. The molecule has 0 atom stereocenters. The maximum absolute atomic E-state index is 12.5. The molecule has 4 heteroatoms. The number of hydrogen-bond donors (Lipinski definition) is 2. The Labute approximate surface area is 127 Å². The number of phenols is 1. The van der Waals surface area contributed by atoms with Gasteiger partial charge in [0.15, 0.2) is 0 Å². The first-order chi connectivity index (χ1) is 10.8. The van der Waals surface area contributed by atoms with E-state index in [0.717, 1.165) is 36.8 Å². The van der Waals surface area contributed by atoms with Crippen LogP contribution >= 0.6 is 0 Å². The zero-order chi connectivity index (χ0) is 14.8. The van der Waals surface area contributed by atoms with Crippen LogP contribution in [0.1, 0.15) is 27.9 Å². The Hall–Kier alpha value is -2.33. The predicted octanol–water partition coefficient (Wildman–Crippen LogP) is 2.73. The summed E-state index contributed by atoms with van der Waals surface area (Å²) in [6, 6.07) is 7.81. The summed E-state index contributed by atoms with van der Waals surface area (Å²) in [6.45, 7) is 1.85. The SMILES string of the molecule is O=C1CCc2cc3c(c4c5cccc(O)c5n1c24)CCNC3. The number of benzene rings is 2. The number of nitrogens with one attached hydrogen (secondary N) is 1. The maximum Gasteiger partial charge on any atom is 0.232 e. The van der Waals surface area contributed by atoms with Crippen molar-refractivity contribution in [1.82, 2.24) is 9.88 Å². The number of carbonyl (C=O) groups excluding carboxylic acids is 1. The van der Waals surface area contributed by atoms with Gasteiger partial charge in [-0.2, -0.15) is 0 Å². The number of aryl methyl sites for hydroxylation is 1. The summed E-state index contributed by atoms with van der Waals surface area (Å²) in [6.07, 6.45) is 2.27. The molecule has 2 N–H and O–H groups in total. The smallest absolute Gasteiger partial charge is 0.232 e. The fourth-order valence-electron chi connectivity index (χ4n) is 4.13. The van der Waals surface area contributed by atoms with Crippen molar-refractivity contribution >= 4 is 27.7 Å². The summed E-state index contributed by atoms with van der Waals surface area (Å²) >= 11 is 0. The van der Waals surface area contributed by atoms with Crippen LogP contribution in [-0.4, -0.2) is 22.1 Å². The van der Waals surface area contributed by atoms with Gasteiger partial charge in [-0.25, -0.2) is 0 Å². The molecule has 0 fully saturated rings. The number of carbonyl (C=O) groups is 1. The minimum Gasteiger partial charge on any atom is -0.506 e. The molecule has 2 aliphatic heterocycles. The molecule has 0 spiro atoms. The highest BCUT2D eigenvalue weighted by Crippen LogP contribution is 2.41. The Kier molecular flexibility index (Phi) is 2.29.